The average molecular weight is 259 g/mol. The molecule has 3 nitrogen and oxygen atoms in total. The normalized spacial score (nSPS) is 11.0. The Morgan fingerprint density at radius 2 is 2.00 bits per heavy atom. The van der Waals surface area contributed by atoms with Crippen molar-refractivity contribution in [3.05, 3.63) is 47.0 Å². The molecule has 0 aliphatic heterocycles. The molecule has 0 saturated heterocycles. The van der Waals surface area contributed by atoms with E-state index >= 15 is 0 Å². The van der Waals surface area contributed by atoms with Crippen LogP contribution in [0.15, 0.2) is 40.8 Å². The number of nitrogen functional groups attached to an aromatic ring is 1. The molecule has 3 aromatic rings. The van der Waals surface area contributed by atoms with Crippen molar-refractivity contribution >= 4 is 28.4 Å². The van der Waals surface area contributed by atoms with E-state index in [2.05, 4.69) is 4.98 Å². The van der Waals surface area contributed by atoms with Gasteiger partial charge in [-0.3, -0.25) is 0 Å². The van der Waals surface area contributed by atoms with Gasteiger partial charge in [-0.25, -0.2) is 4.98 Å². The zero-order valence-electron chi connectivity index (χ0n) is 9.77. The fraction of sp³-hybridized carbons (Fsp3) is 0.0714. The zero-order valence-corrected chi connectivity index (χ0v) is 10.5. The Kier molecular flexibility index (Phi) is 2.49. The van der Waals surface area contributed by atoms with Crippen LogP contribution in [-0.2, 0) is 0 Å². The van der Waals surface area contributed by atoms with E-state index in [1.54, 1.807) is 6.07 Å². The number of rotatable bonds is 1. The topological polar surface area (TPSA) is 52.0 Å². The van der Waals surface area contributed by atoms with Crippen LogP contribution in [0.5, 0.6) is 0 Å². The van der Waals surface area contributed by atoms with Gasteiger partial charge in [0.15, 0.2) is 5.58 Å². The quantitative estimate of drug-likeness (QED) is 0.670. The van der Waals surface area contributed by atoms with Gasteiger partial charge in [-0.2, -0.15) is 0 Å². The molecular formula is C14H11ClN2O. The number of hydrogen-bond donors (Lipinski definition) is 1. The fourth-order valence-corrected chi connectivity index (χ4v) is 2.15. The van der Waals surface area contributed by atoms with E-state index < -0.39 is 0 Å². The second-order valence-corrected chi connectivity index (χ2v) is 4.64. The SMILES string of the molecule is Cc1cc(Cl)ccc1-c1nc2ccc(N)cc2o1. The van der Waals surface area contributed by atoms with Crippen LogP contribution in [0.3, 0.4) is 0 Å². The molecule has 4 heteroatoms. The summed E-state index contributed by atoms with van der Waals surface area (Å²) in [5.41, 5.74) is 9.84. The first kappa shape index (κ1) is 11.1. The van der Waals surface area contributed by atoms with E-state index in [-0.39, 0.29) is 0 Å². The summed E-state index contributed by atoms with van der Waals surface area (Å²) in [6.45, 7) is 1.98. The van der Waals surface area contributed by atoms with E-state index in [1.165, 1.54) is 0 Å². The van der Waals surface area contributed by atoms with Crippen LogP contribution < -0.4 is 5.73 Å². The second-order valence-electron chi connectivity index (χ2n) is 4.21. The van der Waals surface area contributed by atoms with E-state index in [1.807, 2.05) is 37.3 Å². The number of oxazole rings is 1. The second kappa shape index (κ2) is 4.03. The lowest BCUT2D eigenvalue weighted by Gasteiger charge is -2.00. The number of nitrogens with zero attached hydrogens (tertiary/aromatic N) is 1. The van der Waals surface area contributed by atoms with Gasteiger partial charge in [-0.15, -0.1) is 0 Å². The third kappa shape index (κ3) is 1.83. The molecule has 2 aromatic carbocycles. The van der Waals surface area contributed by atoms with E-state index in [9.17, 15) is 0 Å². The molecule has 0 bridgehead atoms. The molecule has 0 aliphatic carbocycles. The molecule has 0 fully saturated rings. The van der Waals surface area contributed by atoms with Crippen molar-refractivity contribution in [3.8, 4) is 11.5 Å². The van der Waals surface area contributed by atoms with Crippen molar-refractivity contribution < 1.29 is 4.42 Å². The summed E-state index contributed by atoms with van der Waals surface area (Å²) in [6.07, 6.45) is 0. The monoisotopic (exact) mass is 258 g/mol. The minimum absolute atomic E-state index is 0.588. The maximum Gasteiger partial charge on any atom is 0.227 e. The standard InChI is InChI=1S/C14H11ClN2O/c1-8-6-9(15)2-4-11(8)14-17-12-5-3-10(16)7-13(12)18-14/h2-7H,16H2,1H3. The van der Waals surface area contributed by atoms with Gasteiger partial charge in [-0.1, -0.05) is 11.6 Å². The van der Waals surface area contributed by atoms with E-state index in [4.69, 9.17) is 21.8 Å². The minimum Gasteiger partial charge on any atom is -0.436 e. The van der Waals surface area contributed by atoms with Crippen molar-refractivity contribution in [3.63, 3.8) is 0 Å². The smallest absolute Gasteiger partial charge is 0.227 e. The van der Waals surface area contributed by atoms with Gasteiger partial charge in [0, 0.05) is 22.3 Å². The van der Waals surface area contributed by atoms with Crippen molar-refractivity contribution in [2.24, 2.45) is 0 Å². The summed E-state index contributed by atoms with van der Waals surface area (Å²) in [5.74, 6) is 0.588. The largest absolute Gasteiger partial charge is 0.436 e. The molecule has 0 spiro atoms. The van der Waals surface area contributed by atoms with Crippen LogP contribution in [0.25, 0.3) is 22.6 Å². The molecule has 1 aromatic heterocycles. The number of hydrogen-bond acceptors (Lipinski definition) is 3. The number of fused-ring (bicyclic) bond motifs is 1. The first-order valence-corrected chi connectivity index (χ1v) is 5.94. The minimum atomic E-state index is 0.588. The van der Waals surface area contributed by atoms with Crippen molar-refractivity contribution in [2.45, 2.75) is 6.92 Å². The molecule has 0 aliphatic rings. The van der Waals surface area contributed by atoms with Gasteiger partial charge in [-0.05, 0) is 42.8 Å². The first-order chi connectivity index (χ1) is 8.63. The van der Waals surface area contributed by atoms with Crippen LogP contribution in [0.2, 0.25) is 5.02 Å². The Hall–Kier alpha value is -2.00. The summed E-state index contributed by atoms with van der Waals surface area (Å²) in [5, 5.41) is 0.705. The van der Waals surface area contributed by atoms with Crippen LogP contribution >= 0.6 is 11.6 Å². The highest BCUT2D eigenvalue weighted by Crippen LogP contribution is 2.29. The number of nitrogens with two attached hydrogens (primary N) is 1. The molecule has 0 radical (unpaired) electrons. The van der Waals surface area contributed by atoms with Crippen LogP contribution in [0.4, 0.5) is 5.69 Å². The van der Waals surface area contributed by atoms with Crippen LogP contribution in [0, 0.1) is 6.92 Å². The van der Waals surface area contributed by atoms with Gasteiger partial charge < -0.3 is 10.2 Å². The summed E-state index contributed by atoms with van der Waals surface area (Å²) in [6, 6.07) is 11.1. The Labute approximate surface area is 109 Å². The van der Waals surface area contributed by atoms with E-state index in [0.29, 0.717) is 22.2 Å². The molecule has 90 valence electrons. The predicted octanol–water partition coefficient (Wildman–Crippen LogP) is 4.04. The van der Waals surface area contributed by atoms with Gasteiger partial charge in [0.25, 0.3) is 0 Å². The summed E-state index contributed by atoms with van der Waals surface area (Å²) >= 11 is 5.94. The highest BCUT2D eigenvalue weighted by Gasteiger charge is 2.10. The zero-order chi connectivity index (χ0) is 12.7. The van der Waals surface area contributed by atoms with Gasteiger partial charge >= 0.3 is 0 Å². The number of aromatic nitrogens is 1. The molecule has 1 heterocycles. The maximum atomic E-state index is 5.94. The van der Waals surface area contributed by atoms with Crippen molar-refractivity contribution in [2.75, 3.05) is 5.73 Å². The summed E-state index contributed by atoms with van der Waals surface area (Å²) < 4.78 is 5.72. The molecule has 2 N–H and O–H groups in total. The molecule has 18 heavy (non-hydrogen) atoms. The molecule has 0 unspecified atom stereocenters. The summed E-state index contributed by atoms with van der Waals surface area (Å²) in [7, 11) is 0. The average Bonchev–Trinajstić information content (AvgIpc) is 2.71. The third-order valence-electron chi connectivity index (χ3n) is 2.83. The molecule has 0 amide bonds. The molecular weight excluding hydrogens is 248 g/mol. The Morgan fingerprint density at radius 3 is 2.78 bits per heavy atom. The van der Waals surface area contributed by atoms with Gasteiger partial charge in [0.2, 0.25) is 5.89 Å². The summed E-state index contributed by atoms with van der Waals surface area (Å²) in [4.78, 5) is 4.45. The lowest BCUT2D eigenvalue weighted by atomic mass is 10.1. The molecule has 0 saturated carbocycles. The highest BCUT2D eigenvalue weighted by atomic mass is 35.5. The molecule has 3 rings (SSSR count). The van der Waals surface area contributed by atoms with Crippen LogP contribution in [-0.4, -0.2) is 4.98 Å². The lowest BCUT2D eigenvalue weighted by molar-refractivity contribution is 0.619. The maximum absolute atomic E-state index is 5.94. The third-order valence-corrected chi connectivity index (χ3v) is 3.07. The number of aryl methyl sites for hydroxylation is 1. The highest BCUT2D eigenvalue weighted by molar-refractivity contribution is 6.30. The number of anilines is 1. The first-order valence-electron chi connectivity index (χ1n) is 5.56. The van der Waals surface area contributed by atoms with Crippen molar-refractivity contribution in [1.82, 2.24) is 4.98 Å². The lowest BCUT2D eigenvalue weighted by Crippen LogP contribution is -1.82. The molecule has 0 atom stereocenters. The Morgan fingerprint density at radius 1 is 1.17 bits per heavy atom. The van der Waals surface area contributed by atoms with Crippen LogP contribution in [0.1, 0.15) is 5.56 Å². The predicted molar refractivity (Wildman–Crippen MR) is 73.6 cm³/mol. The van der Waals surface area contributed by atoms with Gasteiger partial charge in [0.05, 0.1) is 0 Å². The Balaban J connectivity index is 2.19. The van der Waals surface area contributed by atoms with Gasteiger partial charge in [0.1, 0.15) is 5.52 Å². The number of halogens is 1. The number of benzene rings is 2. The van der Waals surface area contributed by atoms with Crippen molar-refractivity contribution in [1.29, 1.82) is 0 Å². The van der Waals surface area contributed by atoms with E-state index in [0.717, 1.165) is 16.6 Å². The Bertz CT molecular complexity index is 734. The fourth-order valence-electron chi connectivity index (χ4n) is 1.92.